The van der Waals surface area contributed by atoms with Crippen LogP contribution in [0.15, 0.2) is 0 Å². The van der Waals surface area contributed by atoms with E-state index in [0.717, 1.165) is 0 Å². The van der Waals surface area contributed by atoms with E-state index in [-0.39, 0.29) is 6.54 Å². The Morgan fingerprint density at radius 2 is 1.93 bits per heavy atom. The van der Waals surface area contributed by atoms with Crippen LogP contribution in [0.5, 0.6) is 0 Å². The summed E-state index contributed by atoms with van der Waals surface area (Å²) in [5.41, 5.74) is 1.56. The van der Waals surface area contributed by atoms with E-state index in [1.165, 1.54) is 0 Å². The predicted molar refractivity (Wildman–Crippen MR) is 51.4 cm³/mol. The summed E-state index contributed by atoms with van der Waals surface area (Å²) in [7, 11) is 3.35. The second kappa shape index (κ2) is 6.83. The van der Waals surface area contributed by atoms with Gasteiger partial charge in [0.25, 0.3) is 0 Å². The molecule has 0 amide bonds. The Labute approximate surface area is 87.9 Å². The van der Waals surface area contributed by atoms with Crippen LogP contribution in [0.1, 0.15) is 0 Å². The SMILES string of the molecule is CN(C)CC(O)C(O)C(=O)C(CO)NO. The van der Waals surface area contributed by atoms with Gasteiger partial charge in [-0.25, -0.2) is 0 Å². The van der Waals surface area contributed by atoms with E-state index >= 15 is 0 Å². The Morgan fingerprint density at radius 3 is 2.27 bits per heavy atom. The van der Waals surface area contributed by atoms with Crippen LogP contribution in [0.4, 0.5) is 0 Å². The van der Waals surface area contributed by atoms with Crippen molar-refractivity contribution in [3.8, 4) is 0 Å². The molecular weight excluding hydrogens is 204 g/mol. The first kappa shape index (κ1) is 14.4. The molecule has 0 heterocycles. The van der Waals surface area contributed by atoms with Crippen LogP contribution in [0, 0.1) is 0 Å². The fourth-order valence-electron chi connectivity index (χ4n) is 1.06. The lowest BCUT2D eigenvalue weighted by atomic mass is 10.0. The number of hydrogen-bond acceptors (Lipinski definition) is 7. The Bertz CT molecular complexity index is 195. The largest absolute Gasteiger partial charge is 0.394 e. The molecule has 0 radical (unpaired) electrons. The molecule has 0 spiro atoms. The molecule has 0 fully saturated rings. The maximum Gasteiger partial charge on any atom is 0.185 e. The van der Waals surface area contributed by atoms with Crippen molar-refractivity contribution in [2.24, 2.45) is 0 Å². The Morgan fingerprint density at radius 1 is 1.40 bits per heavy atom. The smallest absolute Gasteiger partial charge is 0.185 e. The van der Waals surface area contributed by atoms with Crippen LogP contribution in [0.2, 0.25) is 0 Å². The van der Waals surface area contributed by atoms with Gasteiger partial charge in [-0.1, -0.05) is 0 Å². The zero-order valence-electron chi connectivity index (χ0n) is 8.79. The highest BCUT2D eigenvalue weighted by Gasteiger charge is 2.30. The molecule has 3 unspecified atom stereocenters. The molecule has 5 N–H and O–H groups in total. The zero-order valence-corrected chi connectivity index (χ0v) is 8.79. The van der Waals surface area contributed by atoms with E-state index in [0.29, 0.717) is 0 Å². The Balaban J connectivity index is 4.29. The molecular formula is C8H18N2O5. The summed E-state index contributed by atoms with van der Waals surface area (Å²) in [5, 5.41) is 35.9. The minimum atomic E-state index is -1.64. The van der Waals surface area contributed by atoms with Crippen molar-refractivity contribution in [1.29, 1.82) is 0 Å². The highest BCUT2D eigenvalue weighted by atomic mass is 16.5. The Hall–Kier alpha value is -0.570. The van der Waals surface area contributed by atoms with E-state index < -0.39 is 30.6 Å². The van der Waals surface area contributed by atoms with Crippen LogP contribution in [0.25, 0.3) is 0 Å². The van der Waals surface area contributed by atoms with Gasteiger partial charge in [0.15, 0.2) is 5.78 Å². The number of ketones is 1. The van der Waals surface area contributed by atoms with Crippen LogP contribution in [-0.2, 0) is 4.79 Å². The molecule has 7 nitrogen and oxygen atoms in total. The van der Waals surface area contributed by atoms with Gasteiger partial charge in [0.1, 0.15) is 12.1 Å². The third kappa shape index (κ3) is 4.65. The molecule has 0 aliphatic rings. The normalized spacial score (nSPS) is 17.5. The summed E-state index contributed by atoms with van der Waals surface area (Å²) in [6.45, 7) is -0.544. The number of nitrogens with one attached hydrogen (secondary N) is 1. The number of rotatable bonds is 7. The van der Waals surface area contributed by atoms with Crippen LogP contribution in [0.3, 0.4) is 0 Å². The number of likely N-dealkylation sites (N-methyl/N-ethyl adjacent to an activating group) is 1. The maximum absolute atomic E-state index is 11.3. The zero-order chi connectivity index (χ0) is 12.0. The second-order valence-electron chi connectivity index (χ2n) is 3.54. The molecule has 0 aliphatic heterocycles. The van der Waals surface area contributed by atoms with Gasteiger partial charge in [0.05, 0.1) is 12.7 Å². The maximum atomic E-state index is 11.3. The van der Waals surface area contributed by atoms with E-state index in [9.17, 15) is 15.0 Å². The second-order valence-corrected chi connectivity index (χ2v) is 3.54. The first-order valence-corrected chi connectivity index (χ1v) is 4.49. The van der Waals surface area contributed by atoms with Gasteiger partial charge in [-0.15, -0.1) is 0 Å². The molecule has 15 heavy (non-hydrogen) atoms. The van der Waals surface area contributed by atoms with Gasteiger partial charge in [0, 0.05) is 6.54 Å². The van der Waals surface area contributed by atoms with E-state index in [2.05, 4.69) is 0 Å². The summed E-state index contributed by atoms with van der Waals surface area (Å²) in [6, 6.07) is -1.28. The first-order valence-electron chi connectivity index (χ1n) is 4.49. The quantitative estimate of drug-likeness (QED) is 0.295. The summed E-state index contributed by atoms with van der Waals surface area (Å²) in [5.74, 6) is -0.852. The van der Waals surface area contributed by atoms with Crippen molar-refractivity contribution in [3.63, 3.8) is 0 Å². The van der Waals surface area contributed by atoms with Gasteiger partial charge < -0.3 is 25.4 Å². The number of nitrogens with zero attached hydrogens (tertiary/aromatic N) is 1. The molecule has 7 heteroatoms. The summed E-state index contributed by atoms with van der Waals surface area (Å²) < 4.78 is 0. The van der Waals surface area contributed by atoms with Gasteiger partial charge in [-0.3, -0.25) is 4.79 Å². The molecule has 0 bridgehead atoms. The Kier molecular flexibility index (Phi) is 6.57. The molecule has 90 valence electrons. The van der Waals surface area contributed by atoms with E-state index in [1.54, 1.807) is 24.5 Å². The van der Waals surface area contributed by atoms with Crippen molar-refractivity contribution < 1.29 is 25.3 Å². The molecule has 0 saturated carbocycles. The van der Waals surface area contributed by atoms with E-state index in [4.69, 9.17) is 10.3 Å². The average Bonchev–Trinajstić information content (AvgIpc) is 2.17. The molecule has 0 aliphatic carbocycles. The topological polar surface area (TPSA) is 113 Å². The number of carbonyl (C=O) groups excluding carboxylic acids is 1. The number of Topliss-reactive ketones (excluding diaryl/α,β-unsaturated/α-hetero) is 1. The number of hydroxylamine groups is 1. The summed E-state index contributed by atoms with van der Waals surface area (Å²) >= 11 is 0. The fraction of sp³-hybridized carbons (Fsp3) is 0.875. The molecule has 0 aromatic carbocycles. The molecule has 0 aromatic rings. The minimum Gasteiger partial charge on any atom is -0.394 e. The van der Waals surface area contributed by atoms with Crippen LogP contribution >= 0.6 is 0 Å². The number of aliphatic hydroxyl groups excluding tert-OH is 3. The van der Waals surface area contributed by atoms with Crippen LogP contribution < -0.4 is 5.48 Å². The van der Waals surface area contributed by atoms with E-state index in [1.807, 2.05) is 0 Å². The third-order valence-electron chi connectivity index (χ3n) is 1.89. The minimum absolute atomic E-state index is 0.108. The highest BCUT2D eigenvalue weighted by Crippen LogP contribution is 2.00. The lowest BCUT2D eigenvalue weighted by Crippen LogP contribution is -2.50. The number of hydrogen-bond donors (Lipinski definition) is 5. The molecule has 0 rings (SSSR count). The number of aliphatic hydroxyl groups is 3. The van der Waals surface area contributed by atoms with Crippen molar-refractivity contribution in [2.75, 3.05) is 27.2 Å². The molecule has 3 atom stereocenters. The van der Waals surface area contributed by atoms with Gasteiger partial charge in [0.2, 0.25) is 0 Å². The van der Waals surface area contributed by atoms with Crippen molar-refractivity contribution in [2.45, 2.75) is 18.2 Å². The molecule has 0 saturated heterocycles. The average molecular weight is 222 g/mol. The molecule has 0 aromatic heterocycles. The fourth-order valence-corrected chi connectivity index (χ4v) is 1.06. The highest BCUT2D eigenvalue weighted by molar-refractivity contribution is 5.88. The van der Waals surface area contributed by atoms with Crippen molar-refractivity contribution >= 4 is 5.78 Å². The summed E-state index contributed by atoms with van der Waals surface area (Å²) in [4.78, 5) is 12.9. The lowest BCUT2D eigenvalue weighted by molar-refractivity contribution is -0.139. The van der Waals surface area contributed by atoms with Crippen LogP contribution in [-0.4, -0.2) is 76.7 Å². The van der Waals surface area contributed by atoms with Gasteiger partial charge in [-0.05, 0) is 14.1 Å². The van der Waals surface area contributed by atoms with Crippen molar-refractivity contribution in [1.82, 2.24) is 10.4 Å². The van der Waals surface area contributed by atoms with Gasteiger partial charge >= 0.3 is 0 Å². The first-order chi connectivity index (χ1) is 6.93. The number of carbonyl (C=O) groups is 1. The monoisotopic (exact) mass is 222 g/mol. The van der Waals surface area contributed by atoms with Crippen molar-refractivity contribution in [3.05, 3.63) is 0 Å². The predicted octanol–water partition coefficient (Wildman–Crippen LogP) is -2.82. The standard InChI is InChI=1S/C8H18N2O5/c1-10(2)3-6(12)8(14)7(13)5(4-11)9-15/h5-6,8-9,11-12,14-15H,3-4H2,1-2H3. The summed E-state index contributed by atoms with van der Waals surface area (Å²) in [6.07, 6.45) is -2.89. The third-order valence-corrected chi connectivity index (χ3v) is 1.89. The lowest BCUT2D eigenvalue weighted by Gasteiger charge is -2.22. The van der Waals surface area contributed by atoms with Gasteiger partial charge in [-0.2, -0.15) is 5.48 Å².